The molecule has 0 atom stereocenters. The first-order valence-corrected chi connectivity index (χ1v) is 4.66. The molecule has 11 heavy (non-hydrogen) atoms. The van der Waals surface area contributed by atoms with Crippen molar-refractivity contribution in [3.8, 4) is 0 Å². The van der Waals surface area contributed by atoms with Crippen LogP contribution in [0.3, 0.4) is 0 Å². The standard InChI is InChI=1S/C10H20N/c1-4-7-10(8-5-2)11-9-6-3/h1,4-9H2,2-3H3. The van der Waals surface area contributed by atoms with E-state index in [1.165, 1.54) is 12.1 Å². The largest absolute Gasteiger partial charge is 0.294 e. The fourth-order valence-electron chi connectivity index (χ4n) is 1.05. The number of hydrogen-bond donors (Lipinski definition) is 0. The van der Waals surface area contributed by atoms with Crippen LogP contribution in [0.25, 0.3) is 0 Å². The maximum Gasteiger partial charge on any atom is 0.0386 e. The van der Waals surface area contributed by atoms with E-state index < -0.39 is 0 Å². The minimum Gasteiger partial charge on any atom is -0.294 e. The van der Waals surface area contributed by atoms with Gasteiger partial charge in [-0.15, -0.1) is 0 Å². The van der Waals surface area contributed by atoms with Gasteiger partial charge in [0.05, 0.1) is 0 Å². The monoisotopic (exact) mass is 154 g/mol. The van der Waals surface area contributed by atoms with Gasteiger partial charge in [-0.2, -0.15) is 0 Å². The third kappa shape index (κ3) is 6.08. The summed E-state index contributed by atoms with van der Waals surface area (Å²) in [5.74, 6) is 0. The van der Waals surface area contributed by atoms with E-state index in [1.54, 1.807) is 0 Å². The van der Waals surface area contributed by atoms with Gasteiger partial charge >= 0.3 is 0 Å². The Morgan fingerprint density at radius 3 is 2.36 bits per heavy atom. The van der Waals surface area contributed by atoms with Crippen molar-refractivity contribution >= 4 is 5.71 Å². The molecule has 65 valence electrons. The van der Waals surface area contributed by atoms with Crippen LogP contribution in [0.2, 0.25) is 0 Å². The van der Waals surface area contributed by atoms with Crippen LogP contribution in [0.15, 0.2) is 4.99 Å². The Morgan fingerprint density at radius 1 is 1.18 bits per heavy atom. The molecule has 0 spiro atoms. The molecular formula is C10H20N. The third-order valence-corrected chi connectivity index (χ3v) is 1.56. The lowest BCUT2D eigenvalue weighted by atomic mass is 10.1. The molecule has 0 saturated heterocycles. The summed E-state index contributed by atoms with van der Waals surface area (Å²) in [6.07, 6.45) is 5.61. The summed E-state index contributed by atoms with van der Waals surface area (Å²) in [4.78, 5) is 4.50. The molecule has 0 aromatic heterocycles. The molecule has 0 fully saturated rings. The van der Waals surface area contributed by atoms with Crippen LogP contribution in [-0.2, 0) is 0 Å². The highest BCUT2D eigenvalue weighted by atomic mass is 14.7. The van der Waals surface area contributed by atoms with Crippen LogP contribution in [-0.4, -0.2) is 12.3 Å². The van der Waals surface area contributed by atoms with Crippen LogP contribution in [0, 0.1) is 6.92 Å². The van der Waals surface area contributed by atoms with Gasteiger partial charge in [0.15, 0.2) is 0 Å². The summed E-state index contributed by atoms with van der Waals surface area (Å²) in [7, 11) is 0. The van der Waals surface area contributed by atoms with Crippen molar-refractivity contribution in [2.75, 3.05) is 6.54 Å². The SMILES string of the molecule is [CH2]CCC(CCC)=NCCC. The minimum absolute atomic E-state index is 0.989. The van der Waals surface area contributed by atoms with Crippen LogP contribution >= 0.6 is 0 Å². The minimum atomic E-state index is 0.989. The van der Waals surface area contributed by atoms with Crippen molar-refractivity contribution < 1.29 is 0 Å². The molecule has 0 aliphatic carbocycles. The molecule has 0 aliphatic heterocycles. The van der Waals surface area contributed by atoms with Gasteiger partial charge in [0, 0.05) is 12.3 Å². The van der Waals surface area contributed by atoms with E-state index in [0.717, 1.165) is 32.2 Å². The molecule has 0 heterocycles. The van der Waals surface area contributed by atoms with Gasteiger partial charge in [-0.05, 0) is 25.7 Å². The first-order chi connectivity index (χ1) is 5.35. The van der Waals surface area contributed by atoms with Crippen molar-refractivity contribution in [3.05, 3.63) is 6.92 Å². The average molecular weight is 154 g/mol. The molecule has 0 unspecified atom stereocenters. The number of hydrogen-bond acceptors (Lipinski definition) is 1. The summed E-state index contributed by atoms with van der Waals surface area (Å²) in [6, 6.07) is 0. The van der Waals surface area contributed by atoms with E-state index in [-0.39, 0.29) is 0 Å². The molecule has 0 N–H and O–H groups in total. The third-order valence-electron chi connectivity index (χ3n) is 1.56. The maximum absolute atomic E-state index is 4.50. The van der Waals surface area contributed by atoms with Gasteiger partial charge in [0.2, 0.25) is 0 Å². The molecule has 0 amide bonds. The predicted molar refractivity (Wildman–Crippen MR) is 52.1 cm³/mol. The zero-order valence-electron chi connectivity index (χ0n) is 7.90. The molecule has 0 bridgehead atoms. The Bertz CT molecular complexity index is 97.4. The quantitative estimate of drug-likeness (QED) is 0.521. The summed E-state index contributed by atoms with van der Waals surface area (Å²) < 4.78 is 0. The highest BCUT2D eigenvalue weighted by molar-refractivity contribution is 5.84. The van der Waals surface area contributed by atoms with Gasteiger partial charge in [-0.1, -0.05) is 27.2 Å². The zero-order valence-corrected chi connectivity index (χ0v) is 7.90. The molecule has 1 heteroatoms. The normalized spacial score (nSPS) is 12.1. The first kappa shape index (κ1) is 10.7. The van der Waals surface area contributed by atoms with E-state index in [1.807, 2.05) is 0 Å². The average Bonchev–Trinajstić information content (AvgIpc) is 2.01. The van der Waals surface area contributed by atoms with Crippen LogP contribution in [0.1, 0.15) is 46.0 Å². The fourth-order valence-corrected chi connectivity index (χ4v) is 1.05. The summed E-state index contributed by atoms with van der Waals surface area (Å²) in [5.41, 5.74) is 1.37. The maximum atomic E-state index is 4.50. The lowest BCUT2D eigenvalue weighted by Crippen LogP contribution is -1.98. The van der Waals surface area contributed by atoms with E-state index >= 15 is 0 Å². The van der Waals surface area contributed by atoms with E-state index in [9.17, 15) is 0 Å². The highest BCUT2D eigenvalue weighted by Crippen LogP contribution is 2.00. The summed E-state index contributed by atoms with van der Waals surface area (Å²) >= 11 is 0. The van der Waals surface area contributed by atoms with Crippen molar-refractivity contribution in [1.29, 1.82) is 0 Å². The number of aliphatic imine (C=N–C) groups is 1. The highest BCUT2D eigenvalue weighted by Gasteiger charge is 1.94. The van der Waals surface area contributed by atoms with Gasteiger partial charge in [-0.25, -0.2) is 0 Å². The van der Waals surface area contributed by atoms with Crippen LogP contribution in [0.4, 0.5) is 0 Å². The number of nitrogens with zero attached hydrogens (tertiary/aromatic N) is 1. The molecule has 0 aromatic carbocycles. The Labute approximate surface area is 70.9 Å². The van der Waals surface area contributed by atoms with Crippen molar-refractivity contribution in [2.24, 2.45) is 4.99 Å². The van der Waals surface area contributed by atoms with Crippen LogP contribution < -0.4 is 0 Å². The second-order valence-electron chi connectivity index (χ2n) is 2.80. The second kappa shape index (κ2) is 7.77. The van der Waals surface area contributed by atoms with Gasteiger partial charge in [0.1, 0.15) is 0 Å². The van der Waals surface area contributed by atoms with Gasteiger partial charge in [-0.3, -0.25) is 4.99 Å². The van der Waals surface area contributed by atoms with Crippen LogP contribution in [0.5, 0.6) is 0 Å². The van der Waals surface area contributed by atoms with Gasteiger partial charge in [0.25, 0.3) is 0 Å². The van der Waals surface area contributed by atoms with E-state index in [4.69, 9.17) is 0 Å². The van der Waals surface area contributed by atoms with Crippen molar-refractivity contribution in [3.63, 3.8) is 0 Å². The lowest BCUT2D eigenvalue weighted by Gasteiger charge is -2.01. The molecular weight excluding hydrogens is 134 g/mol. The molecule has 0 aromatic rings. The van der Waals surface area contributed by atoms with Crippen molar-refractivity contribution in [1.82, 2.24) is 0 Å². The second-order valence-corrected chi connectivity index (χ2v) is 2.80. The Kier molecular flexibility index (Phi) is 7.54. The summed E-state index contributed by atoms with van der Waals surface area (Å²) in [6.45, 7) is 9.19. The summed E-state index contributed by atoms with van der Waals surface area (Å²) in [5, 5.41) is 0. The van der Waals surface area contributed by atoms with E-state index in [2.05, 4.69) is 25.8 Å². The molecule has 0 saturated carbocycles. The zero-order chi connectivity index (χ0) is 8.53. The Hall–Kier alpha value is -0.330. The molecule has 0 aliphatic rings. The topological polar surface area (TPSA) is 12.4 Å². The first-order valence-electron chi connectivity index (χ1n) is 4.66. The molecule has 1 radical (unpaired) electrons. The van der Waals surface area contributed by atoms with Gasteiger partial charge < -0.3 is 0 Å². The molecule has 1 nitrogen and oxygen atoms in total. The Balaban J connectivity index is 3.66. The fraction of sp³-hybridized carbons (Fsp3) is 0.800. The Morgan fingerprint density at radius 2 is 1.91 bits per heavy atom. The van der Waals surface area contributed by atoms with E-state index in [0.29, 0.717) is 0 Å². The molecule has 0 rings (SSSR count). The lowest BCUT2D eigenvalue weighted by molar-refractivity contribution is 0.883. The van der Waals surface area contributed by atoms with Crippen molar-refractivity contribution in [2.45, 2.75) is 46.0 Å². The smallest absolute Gasteiger partial charge is 0.0386 e. The predicted octanol–water partition coefficient (Wildman–Crippen LogP) is 3.25. The number of rotatable bonds is 6.